The Morgan fingerprint density at radius 1 is 1.59 bits per heavy atom. The molecule has 3 nitrogen and oxygen atoms in total. The van der Waals surface area contributed by atoms with Crippen LogP contribution in [-0.2, 0) is 0 Å². The van der Waals surface area contributed by atoms with Crippen LogP contribution in [0.15, 0.2) is 16.6 Å². The molecular formula is C12H16BrFN2O. The summed E-state index contributed by atoms with van der Waals surface area (Å²) >= 11 is 3.22. The summed E-state index contributed by atoms with van der Waals surface area (Å²) in [5.74, 6) is -0.0144. The van der Waals surface area contributed by atoms with Crippen LogP contribution < -0.4 is 5.73 Å². The Bertz CT molecular complexity index is 427. The smallest absolute Gasteiger partial charge is 0.132 e. The Morgan fingerprint density at radius 2 is 2.29 bits per heavy atom. The quantitative estimate of drug-likeness (QED) is 0.881. The molecule has 0 aliphatic carbocycles. The first-order chi connectivity index (χ1) is 8.02. The van der Waals surface area contributed by atoms with Crippen molar-refractivity contribution in [1.29, 1.82) is 0 Å². The number of nitrogens with two attached hydrogens (primary N) is 1. The zero-order valence-electron chi connectivity index (χ0n) is 9.66. The van der Waals surface area contributed by atoms with E-state index in [1.165, 1.54) is 0 Å². The number of hydrogen-bond donors (Lipinski definition) is 2. The van der Waals surface area contributed by atoms with Crippen LogP contribution in [0, 0.1) is 11.7 Å². The normalized spacial score (nSPS) is 25.4. The molecule has 1 saturated heterocycles. The molecule has 0 spiro atoms. The van der Waals surface area contributed by atoms with Crippen LogP contribution in [0.25, 0.3) is 0 Å². The highest BCUT2D eigenvalue weighted by Gasteiger charge is 2.31. The van der Waals surface area contributed by atoms with Crippen LogP contribution in [0.5, 0.6) is 5.75 Å². The number of halogens is 2. The molecule has 0 aromatic heterocycles. The van der Waals surface area contributed by atoms with Crippen molar-refractivity contribution in [2.24, 2.45) is 11.7 Å². The number of nitrogens with zero attached hydrogens (tertiary/aromatic N) is 1. The predicted molar refractivity (Wildman–Crippen MR) is 68.3 cm³/mol. The van der Waals surface area contributed by atoms with E-state index >= 15 is 0 Å². The van der Waals surface area contributed by atoms with Crippen LogP contribution in [-0.4, -0.2) is 30.1 Å². The Balaban J connectivity index is 2.31. The average molecular weight is 303 g/mol. The lowest BCUT2D eigenvalue weighted by Gasteiger charge is -2.20. The third-order valence-corrected chi connectivity index (χ3v) is 4.03. The SMILES string of the molecule is CN1CC(CN)CC1c1cc(Br)c(O)cc1F. The minimum absolute atomic E-state index is 0.0421. The van der Waals surface area contributed by atoms with Crippen molar-refractivity contribution in [2.45, 2.75) is 12.5 Å². The summed E-state index contributed by atoms with van der Waals surface area (Å²) < 4.78 is 14.4. The van der Waals surface area contributed by atoms with Gasteiger partial charge in [0.15, 0.2) is 0 Å². The third-order valence-electron chi connectivity index (χ3n) is 3.39. The summed E-state index contributed by atoms with van der Waals surface area (Å²) in [6.07, 6.45) is 0.862. The minimum atomic E-state index is -0.361. The number of rotatable bonds is 2. The zero-order chi connectivity index (χ0) is 12.6. The first-order valence-corrected chi connectivity index (χ1v) is 6.40. The van der Waals surface area contributed by atoms with E-state index in [1.54, 1.807) is 6.07 Å². The van der Waals surface area contributed by atoms with E-state index in [-0.39, 0.29) is 17.6 Å². The van der Waals surface area contributed by atoms with Gasteiger partial charge in [-0.25, -0.2) is 4.39 Å². The third kappa shape index (κ3) is 2.46. The molecule has 17 heavy (non-hydrogen) atoms. The van der Waals surface area contributed by atoms with Crippen LogP contribution in [0.4, 0.5) is 4.39 Å². The van der Waals surface area contributed by atoms with Gasteiger partial charge in [-0.05, 0) is 47.9 Å². The first kappa shape index (κ1) is 12.8. The lowest BCUT2D eigenvalue weighted by molar-refractivity contribution is 0.306. The molecule has 1 fully saturated rings. The van der Waals surface area contributed by atoms with E-state index in [9.17, 15) is 9.50 Å². The van der Waals surface area contributed by atoms with E-state index in [0.717, 1.165) is 19.0 Å². The maximum atomic E-state index is 13.8. The van der Waals surface area contributed by atoms with Gasteiger partial charge in [0, 0.05) is 24.2 Å². The van der Waals surface area contributed by atoms with Crippen molar-refractivity contribution >= 4 is 15.9 Å². The van der Waals surface area contributed by atoms with Crippen molar-refractivity contribution in [1.82, 2.24) is 4.90 Å². The molecule has 2 rings (SSSR count). The molecule has 94 valence electrons. The fourth-order valence-electron chi connectivity index (χ4n) is 2.45. The summed E-state index contributed by atoms with van der Waals surface area (Å²) in [6.45, 7) is 1.51. The molecule has 1 aromatic rings. The maximum absolute atomic E-state index is 13.8. The average Bonchev–Trinajstić information content (AvgIpc) is 2.65. The van der Waals surface area contributed by atoms with Crippen LogP contribution in [0.2, 0.25) is 0 Å². The molecule has 5 heteroatoms. The van der Waals surface area contributed by atoms with Gasteiger partial charge in [0.05, 0.1) is 4.47 Å². The van der Waals surface area contributed by atoms with E-state index in [0.29, 0.717) is 22.5 Å². The molecule has 1 aliphatic heterocycles. The molecule has 1 heterocycles. The number of hydrogen-bond acceptors (Lipinski definition) is 3. The fraction of sp³-hybridized carbons (Fsp3) is 0.500. The second-order valence-electron chi connectivity index (χ2n) is 4.62. The van der Waals surface area contributed by atoms with Crippen molar-refractivity contribution in [3.63, 3.8) is 0 Å². The van der Waals surface area contributed by atoms with Crippen LogP contribution in [0.3, 0.4) is 0 Å². The zero-order valence-corrected chi connectivity index (χ0v) is 11.2. The number of likely N-dealkylation sites (tertiary alicyclic amines) is 1. The van der Waals surface area contributed by atoms with E-state index in [4.69, 9.17) is 5.73 Å². The lowest BCUT2D eigenvalue weighted by atomic mass is 9.99. The molecule has 0 saturated carbocycles. The van der Waals surface area contributed by atoms with Gasteiger partial charge in [0.25, 0.3) is 0 Å². The lowest BCUT2D eigenvalue weighted by Crippen LogP contribution is -2.21. The molecule has 3 N–H and O–H groups in total. The molecule has 0 amide bonds. The second-order valence-corrected chi connectivity index (χ2v) is 5.47. The largest absolute Gasteiger partial charge is 0.507 e. The van der Waals surface area contributed by atoms with E-state index < -0.39 is 0 Å². The van der Waals surface area contributed by atoms with Crippen LogP contribution >= 0.6 is 15.9 Å². The van der Waals surface area contributed by atoms with Gasteiger partial charge in [0.2, 0.25) is 0 Å². The Kier molecular flexibility index (Phi) is 3.70. The molecule has 2 unspecified atom stereocenters. The molecule has 2 atom stereocenters. The molecular weight excluding hydrogens is 287 g/mol. The molecule has 1 aliphatic rings. The Labute approximate surface area is 109 Å². The van der Waals surface area contributed by atoms with Gasteiger partial charge < -0.3 is 10.8 Å². The highest BCUT2D eigenvalue weighted by Crippen LogP contribution is 2.38. The number of benzene rings is 1. The highest BCUT2D eigenvalue weighted by molar-refractivity contribution is 9.10. The Hall–Kier alpha value is -0.650. The predicted octanol–water partition coefficient (Wildman–Crippen LogP) is 2.25. The molecule has 0 bridgehead atoms. The number of aromatic hydroxyl groups is 1. The van der Waals surface area contributed by atoms with Gasteiger partial charge in [-0.2, -0.15) is 0 Å². The summed E-state index contributed by atoms with van der Waals surface area (Å²) in [4.78, 5) is 2.11. The summed E-state index contributed by atoms with van der Waals surface area (Å²) in [7, 11) is 1.97. The molecule has 0 radical (unpaired) electrons. The van der Waals surface area contributed by atoms with Crippen molar-refractivity contribution in [3.8, 4) is 5.75 Å². The van der Waals surface area contributed by atoms with Crippen molar-refractivity contribution < 1.29 is 9.50 Å². The van der Waals surface area contributed by atoms with Gasteiger partial charge in [-0.15, -0.1) is 0 Å². The monoisotopic (exact) mass is 302 g/mol. The van der Waals surface area contributed by atoms with Gasteiger partial charge in [-0.1, -0.05) is 0 Å². The highest BCUT2D eigenvalue weighted by atomic mass is 79.9. The maximum Gasteiger partial charge on any atom is 0.132 e. The number of phenolic OH excluding ortho intramolecular Hbond substituents is 1. The summed E-state index contributed by atoms with van der Waals surface area (Å²) in [5.41, 5.74) is 6.28. The van der Waals surface area contributed by atoms with Gasteiger partial charge >= 0.3 is 0 Å². The van der Waals surface area contributed by atoms with Gasteiger partial charge in [0.1, 0.15) is 11.6 Å². The minimum Gasteiger partial charge on any atom is -0.507 e. The van der Waals surface area contributed by atoms with Gasteiger partial charge in [-0.3, -0.25) is 4.90 Å². The first-order valence-electron chi connectivity index (χ1n) is 5.61. The van der Waals surface area contributed by atoms with E-state index in [2.05, 4.69) is 20.8 Å². The number of phenols is 1. The van der Waals surface area contributed by atoms with Crippen molar-refractivity contribution in [3.05, 3.63) is 28.0 Å². The standard InChI is InChI=1S/C12H16BrFN2O/c1-16-6-7(5-15)2-11(16)8-3-9(13)12(17)4-10(8)14/h3-4,7,11,17H,2,5-6,15H2,1H3. The van der Waals surface area contributed by atoms with E-state index in [1.807, 2.05) is 7.05 Å². The second kappa shape index (κ2) is 4.92. The fourth-order valence-corrected chi connectivity index (χ4v) is 2.81. The van der Waals surface area contributed by atoms with Crippen molar-refractivity contribution in [2.75, 3.05) is 20.1 Å². The summed E-state index contributed by atoms with van der Waals surface area (Å²) in [6, 6.07) is 2.86. The van der Waals surface area contributed by atoms with Crippen LogP contribution in [0.1, 0.15) is 18.0 Å². The summed E-state index contributed by atoms with van der Waals surface area (Å²) in [5, 5.41) is 9.41. The molecule has 1 aromatic carbocycles. The Morgan fingerprint density at radius 3 is 2.88 bits per heavy atom. The topological polar surface area (TPSA) is 49.5 Å².